The number of benzene rings is 2. The van der Waals surface area contributed by atoms with Crippen LogP contribution in [0.15, 0.2) is 48.5 Å². The highest BCUT2D eigenvalue weighted by atomic mass is 19.1. The Morgan fingerprint density at radius 2 is 1.76 bits per heavy atom. The molecule has 110 valence electrons. The van der Waals surface area contributed by atoms with E-state index in [1.165, 1.54) is 18.2 Å². The Labute approximate surface area is 125 Å². The Morgan fingerprint density at radius 3 is 2.33 bits per heavy atom. The Morgan fingerprint density at radius 1 is 1.10 bits per heavy atom. The van der Waals surface area contributed by atoms with Crippen LogP contribution in [0.4, 0.5) is 4.39 Å². The quantitative estimate of drug-likeness (QED) is 0.893. The Kier molecular flexibility index (Phi) is 4.73. The maximum absolute atomic E-state index is 13.1. The molecule has 1 atom stereocenters. The topological polar surface area (TPSA) is 29.1 Å². The minimum absolute atomic E-state index is 0.0665. The first-order chi connectivity index (χ1) is 9.99. The van der Waals surface area contributed by atoms with Gasteiger partial charge >= 0.3 is 0 Å². The monoisotopic (exact) mass is 285 g/mol. The van der Waals surface area contributed by atoms with Crippen LogP contribution in [0.3, 0.4) is 0 Å². The van der Waals surface area contributed by atoms with Gasteiger partial charge < -0.3 is 5.32 Å². The van der Waals surface area contributed by atoms with Gasteiger partial charge in [0.25, 0.3) is 5.91 Å². The lowest BCUT2D eigenvalue weighted by Crippen LogP contribution is -2.32. The van der Waals surface area contributed by atoms with Crippen LogP contribution in [0.25, 0.3) is 0 Å². The molecule has 0 fully saturated rings. The molecule has 0 saturated heterocycles. The number of halogens is 1. The van der Waals surface area contributed by atoms with Gasteiger partial charge in [-0.2, -0.15) is 0 Å². The third-order valence-corrected chi connectivity index (χ3v) is 3.55. The zero-order chi connectivity index (χ0) is 15.4. The normalized spacial score (nSPS) is 12.2. The van der Waals surface area contributed by atoms with Gasteiger partial charge in [0.05, 0.1) is 6.04 Å². The highest BCUT2D eigenvalue weighted by Crippen LogP contribution is 2.22. The second-order valence-corrected chi connectivity index (χ2v) is 5.57. The first kappa shape index (κ1) is 15.2. The summed E-state index contributed by atoms with van der Waals surface area (Å²) in [6.07, 6.45) is 0. The zero-order valence-corrected chi connectivity index (χ0v) is 12.6. The van der Waals surface area contributed by atoms with Gasteiger partial charge in [0.2, 0.25) is 0 Å². The first-order valence-electron chi connectivity index (χ1n) is 7.11. The lowest BCUT2D eigenvalue weighted by molar-refractivity contribution is 0.0925. The Hall–Kier alpha value is -2.16. The fourth-order valence-electron chi connectivity index (χ4n) is 2.40. The van der Waals surface area contributed by atoms with E-state index in [0.717, 1.165) is 5.56 Å². The van der Waals surface area contributed by atoms with Gasteiger partial charge in [-0.3, -0.25) is 4.79 Å². The van der Waals surface area contributed by atoms with E-state index in [1.54, 1.807) is 6.92 Å². The van der Waals surface area contributed by atoms with E-state index in [0.29, 0.717) is 11.1 Å². The predicted molar refractivity (Wildman–Crippen MR) is 82.6 cm³/mol. The van der Waals surface area contributed by atoms with Crippen LogP contribution in [-0.4, -0.2) is 5.91 Å². The van der Waals surface area contributed by atoms with Crippen molar-refractivity contribution in [3.05, 3.63) is 71.0 Å². The highest BCUT2D eigenvalue weighted by Gasteiger charge is 2.19. The highest BCUT2D eigenvalue weighted by molar-refractivity contribution is 5.95. The van der Waals surface area contributed by atoms with Crippen molar-refractivity contribution < 1.29 is 9.18 Å². The molecule has 1 unspecified atom stereocenters. The van der Waals surface area contributed by atoms with Crippen molar-refractivity contribution >= 4 is 5.91 Å². The van der Waals surface area contributed by atoms with Gasteiger partial charge in [0, 0.05) is 5.56 Å². The van der Waals surface area contributed by atoms with Crippen molar-refractivity contribution in [1.29, 1.82) is 0 Å². The van der Waals surface area contributed by atoms with Gasteiger partial charge in [-0.25, -0.2) is 4.39 Å². The van der Waals surface area contributed by atoms with E-state index in [1.807, 2.05) is 30.3 Å². The van der Waals surface area contributed by atoms with Gasteiger partial charge in [-0.05, 0) is 42.2 Å². The molecule has 0 aromatic heterocycles. The van der Waals surface area contributed by atoms with Crippen molar-refractivity contribution in [2.24, 2.45) is 5.92 Å². The van der Waals surface area contributed by atoms with Crippen molar-refractivity contribution in [3.8, 4) is 0 Å². The summed E-state index contributed by atoms with van der Waals surface area (Å²) in [6.45, 7) is 5.87. The van der Waals surface area contributed by atoms with Crippen LogP contribution < -0.4 is 5.32 Å². The van der Waals surface area contributed by atoms with Crippen LogP contribution in [0.2, 0.25) is 0 Å². The molecular weight excluding hydrogens is 265 g/mol. The Bertz CT molecular complexity index is 622. The molecule has 2 aromatic rings. The Balaban J connectivity index is 2.23. The lowest BCUT2D eigenvalue weighted by Gasteiger charge is -2.23. The lowest BCUT2D eigenvalue weighted by atomic mass is 9.95. The van der Waals surface area contributed by atoms with Crippen LogP contribution >= 0.6 is 0 Å². The average molecular weight is 285 g/mol. The van der Waals surface area contributed by atoms with Gasteiger partial charge in [-0.1, -0.05) is 44.2 Å². The summed E-state index contributed by atoms with van der Waals surface area (Å²) in [5, 5.41) is 3.05. The SMILES string of the molecule is Cc1cc(F)ccc1C(=O)NC(c1ccccc1)C(C)C. The predicted octanol–water partition coefficient (Wildman–Crippen LogP) is 4.26. The van der Waals surface area contributed by atoms with E-state index < -0.39 is 0 Å². The van der Waals surface area contributed by atoms with Crippen molar-refractivity contribution in [2.45, 2.75) is 26.8 Å². The number of carbonyl (C=O) groups excluding carboxylic acids is 1. The van der Waals surface area contributed by atoms with Crippen molar-refractivity contribution in [1.82, 2.24) is 5.32 Å². The maximum Gasteiger partial charge on any atom is 0.252 e. The summed E-state index contributed by atoms with van der Waals surface area (Å²) in [5.74, 6) is -0.236. The van der Waals surface area contributed by atoms with Gasteiger partial charge in [-0.15, -0.1) is 0 Å². The molecule has 0 aliphatic rings. The molecule has 2 aromatic carbocycles. The number of amides is 1. The second-order valence-electron chi connectivity index (χ2n) is 5.57. The summed E-state index contributed by atoms with van der Waals surface area (Å²) >= 11 is 0. The molecule has 0 heterocycles. The number of carbonyl (C=O) groups is 1. The molecule has 0 bridgehead atoms. The molecule has 2 rings (SSSR count). The zero-order valence-electron chi connectivity index (χ0n) is 12.6. The largest absolute Gasteiger partial charge is 0.345 e. The van der Waals surface area contributed by atoms with Crippen LogP contribution in [0.1, 0.15) is 41.4 Å². The third kappa shape index (κ3) is 3.69. The second kappa shape index (κ2) is 6.53. The molecule has 0 spiro atoms. The third-order valence-electron chi connectivity index (χ3n) is 3.55. The van der Waals surface area contributed by atoms with Crippen LogP contribution in [0, 0.1) is 18.7 Å². The first-order valence-corrected chi connectivity index (χ1v) is 7.11. The van der Waals surface area contributed by atoms with E-state index in [9.17, 15) is 9.18 Å². The smallest absolute Gasteiger partial charge is 0.252 e. The molecule has 1 N–H and O–H groups in total. The van der Waals surface area contributed by atoms with Gasteiger partial charge in [0.15, 0.2) is 0 Å². The fourth-order valence-corrected chi connectivity index (χ4v) is 2.40. The average Bonchev–Trinajstić information content (AvgIpc) is 2.45. The molecule has 21 heavy (non-hydrogen) atoms. The molecule has 0 aliphatic heterocycles. The van der Waals surface area contributed by atoms with Crippen molar-refractivity contribution in [3.63, 3.8) is 0 Å². The van der Waals surface area contributed by atoms with Crippen molar-refractivity contribution in [2.75, 3.05) is 0 Å². The molecular formula is C18H20FNO. The van der Waals surface area contributed by atoms with Gasteiger partial charge in [0.1, 0.15) is 5.82 Å². The number of hydrogen-bond donors (Lipinski definition) is 1. The molecule has 3 heteroatoms. The standard InChI is InChI=1S/C18H20FNO/c1-12(2)17(14-7-5-4-6-8-14)20-18(21)16-10-9-15(19)11-13(16)3/h4-12,17H,1-3H3,(H,20,21). The summed E-state index contributed by atoms with van der Waals surface area (Å²) < 4.78 is 13.1. The molecule has 2 nitrogen and oxygen atoms in total. The molecule has 1 amide bonds. The number of aryl methyl sites for hydroxylation is 1. The molecule has 0 aliphatic carbocycles. The number of nitrogens with one attached hydrogen (secondary N) is 1. The minimum atomic E-state index is -0.326. The van der Waals surface area contributed by atoms with E-state index in [-0.39, 0.29) is 23.7 Å². The summed E-state index contributed by atoms with van der Waals surface area (Å²) in [4.78, 5) is 12.4. The summed E-state index contributed by atoms with van der Waals surface area (Å²) in [7, 11) is 0. The minimum Gasteiger partial charge on any atom is -0.345 e. The maximum atomic E-state index is 13.1. The van der Waals surface area contributed by atoms with E-state index >= 15 is 0 Å². The molecule has 0 radical (unpaired) electrons. The van der Waals surface area contributed by atoms with Crippen LogP contribution in [-0.2, 0) is 0 Å². The fraction of sp³-hybridized carbons (Fsp3) is 0.278. The summed E-state index contributed by atoms with van der Waals surface area (Å²) in [5.41, 5.74) is 2.22. The van der Waals surface area contributed by atoms with E-state index in [2.05, 4.69) is 19.2 Å². The van der Waals surface area contributed by atoms with E-state index in [4.69, 9.17) is 0 Å². The van der Waals surface area contributed by atoms with Crippen LogP contribution in [0.5, 0.6) is 0 Å². The number of rotatable bonds is 4. The number of hydrogen-bond acceptors (Lipinski definition) is 1. The summed E-state index contributed by atoms with van der Waals surface area (Å²) in [6, 6.07) is 14.0. The molecule has 0 saturated carbocycles.